The van der Waals surface area contributed by atoms with E-state index in [2.05, 4.69) is 5.32 Å². The van der Waals surface area contributed by atoms with Crippen molar-refractivity contribution < 1.29 is 9.21 Å². The van der Waals surface area contributed by atoms with Crippen molar-refractivity contribution >= 4 is 11.6 Å². The first-order valence-corrected chi connectivity index (χ1v) is 5.51. The van der Waals surface area contributed by atoms with E-state index in [0.717, 1.165) is 22.6 Å². The van der Waals surface area contributed by atoms with Gasteiger partial charge in [0.15, 0.2) is 5.76 Å². The lowest BCUT2D eigenvalue weighted by Crippen LogP contribution is -2.10. The van der Waals surface area contributed by atoms with E-state index in [1.165, 1.54) is 0 Å². The standard InChI is InChI=1S/C14H15NO2/c1-9-5-4-6-12(7-9)15-14(16)13-8-10(2)11(3)17-13/h4-8H,1-3H3,(H,15,16). The molecule has 0 unspecified atom stereocenters. The molecule has 1 N–H and O–H groups in total. The molecule has 0 fully saturated rings. The Bertz CT molecular complexity index is 536. The van der Waals surface area contributed by atoms with Gasteiger partial charge in [0.25, 0.3) is 5.91 Å². The van der Waals surface area contributed by atoms with Crippen molar-refractivity contribution in [1.82, 2.24) is 0 Å². The SMILES string of the molecule is Cc1cccc(NC(=O)c2cc(C)c(C)o2)c1. The molecule has 0 aliphatic rings. The molecule has 0 saturated carbocycles. The third-order valence-corrected chi connectivity index (χ3v) is 2.67. The molecule has 0 radical (unpaired) electrons. The van der Waals surface area contributed by atoms with Crippen LogP contribution in [0.15, 0.2) is 34.7 Å². The molecule has 0 spiro atoms. The van der Waals surface area contributed by atoms with Crippen molar-refractivity contribution in [3.05, 3.63) is 53.0 Å². The summed E-state index contributed by atoms with van der Waals surface area (Å²) < 4.78 is 5.37. The maximum Gasteiger partial charge on any atom is 0.291 e. The maximum atomic E-state index is 11.9. The van der Waals surface area contributed by atoms with Gasteiger partial charge in [-0.15, -0.1) is 0 Å². The second-order valence-corrected chi connectivity index (χ2v) is 4.17. The van der Waals surface area contributed by atoms with Crippen molar-refractivity contribution in [3.8, 4) is 0 Å². The molecular formula is C14H15NO2. The number of hydrogen-bond acceptors (Lipinski definition) is 2. The molecule has 3 nitrogen and oxygen atoms in total. The summed E-state index contributed by atoms with van der Waals surface area (Å²) in [5.41, 5.74) is 2.87. The summed E-state index contributed by atoms with van der Waals surface area (Å²) in [6.07, 6.45) is 0. The van der Waals surface area contributed by atoms with Crippen LogP contribution < -0.4 is 5.32 Å². The monoisotopic (exact) mass is 229 g/mol. The number of nitrogens with one attached hydrogen (secondary N) is 1. The normalized spacial score (nSPS) is 10.3. The van der Waals surface area contributed by atoms with Crippen molar-refractivity contribution in [3.63, 3.8) is 0 Å². The summed E-state index contributed by atoms with van der Waals surface area (Å²) in [5.74, 6) is 0.910. The molecule has 1 aromatic heterocycles. The fourth-order valence-electron chi connectivity index (χ4n) is 1.60. The Hall–Kier alpha value is -2.03. The molecule has 0 aliphatic carbocycles. The van der Waals surface area contributed by atoms with E-state index >= 15 is 0 Å². The van der Waals surface area contributed by atoms with Crippen LogP contribution in [0.25, 0.3) is 0 Å². The molecule has 0 aliphatic heterocycles. The Balaban J connectivity index is 2.17. The first-order chi connectivity index (χ1) is 8.06. The number of anilines is 1. The van der Waals surface area contributed by atoms with Gasteiger partial charge < -0.3 is 9.73 Å². The average Bonchev–Trinajstić information content (AvgIpc) is 2.59. The highest BCUT2D eigenvalue weighted by Gasteiger charge is 2.12. The van der Waals surface area contributed by atoms with Gasteiger partial charge in [-0.3, -0.25) is 4.79 Å². The third kappa shape index (κ3) is 2.56. The Morgan fingerprint density at radius 2 is 1.94 bits per heavy atom. The van der Waals surface area contributed by atoms with Crippen molar-refractivity contribution in [2.45, 2.75) is 20.8 Å². The minimum Gasteiger partial charge on any atom is -0.456 e. The summed E-state index contributed by atoms with van der Waals surface area (Å²) in [6.45, 7) is 5.75. The van der Waals surface area contributed by atoms with Gasteiger partial charge in [-0.25, -0.2) is 0 Å². The van der Waals surface area contributed by atoms with Gasteiger partial charge in [0.2, 0.25) is 0 Å². The van der Waals surface area contributed by atoms with Crippen LogP contribution >= 0.6 is 0 Å². The Morgan fingerprint density at radius 3 is 2.53 bits per heavy atom. The molecule has 17 heavy (non-hydrogen) atoms. The Morgan fingerprint density at radius 1 is 1.18 bits per heavy atom. The van der Waals surface area contributed by atoms with Gasteiger partial charge in [0.05, 0.1) is 0 Å². The summed E-state index contributed by atoms with van der Waals surface area (Å²) in [6, 6.07) is 9.41. The highest BCUT2D eigenvalue weighted by atomic mass is 16.3. The van der Waals surface area contributed by atoms with E-state index in [4.69, 9.17) is 4.42 Å². The Labute approximate surface area is 100 Å². The quantitative estimate of drug-likeness (QED) is 0.856. The smallest absolute Gasteiger partial charge is 0.291 e. The number of benzene rings is 1. The molecule has 2 aromatic rings. The molecule has 0 saturated heterocycles. The van der Waals surface area contributed by atoms with Gasteiger partial charge in [0, 0.05) is 5.69 Å². The molecule has 0 bridgehead atoms. The third-order valence-electron chi connectivity index (χ3n) is 2.67. The fraction of sp³-hybridized carbons (Fsp3) is 0.214. The minimum absolute atomic E-state index is 0.216. The molecule has 1 amide bonds. The lowest BCUT2D eigenvalue weighted by atomic mass is 10.2. The number of furan rings is 1. The number of hydrogen-bond donors (Lipinski definition) is 1. The zero-order valence-electron chi connectivity index (χ0n) is 10.2. The average molecular weight is 229 g/mol. The molecule has 2 rings (SSSR count). The van der Waals surface area contributed by atoms with Crippen LogP contribution in [0.5, 0.6) is 0 Å². The summed E-state index contributed by atoms with van der Waals surface area (Å²) >= 11 is 0. The van der Waals surface area contributed by atoms with Crippen LogP contribution in [-0.2, 0) is 0 Å². The predicted octanol–water partition coefficient (Wildman–Crippen LogP) is 3.46. The summed E-state index contributed by atoms with van der Waals surface area (Å²) in [7, 11) is 0. The molecule has 1 aromatic carbocycles. The van der Waals surface area contributed by atoms with Crippen LogP contribution in [0.2, 0.25) is 0 Å². The fourth-order valence-corrected chi connectivity index (χ4v) is 1.60. The van der Waals surface area contributed by atoms with Gasteiger partial charge in [-0.2, -0.15) is 0 Å². The van der Waals surface area contributed by atoms with Crippen LogP contribution in [0.1, 0.15) is 27.4 Å². The van der Waals surface area contributed by atoms with E-state index in [1.807, 2.05) is 45.0 Å². The van der Waals surface area contributed by atoms with Crippen LogP contribution in [-0.4, -0.2) is 5.91 Å². The van der Waals surface area contributed by atoms with Crippen LogP contribution in [0, 0.1) is 20.8 Å². The predicted molar refractivity (Wildman–Crippen MR) is 67.3 cm³/mol. The van der Waals surface area contributed by atoms with Crippen LogP contribution in [0.4, 0.5) is 5.69 Å². The van der Waals surface area contributed by atoms with Crippen molar-refractivity contribution in [2.24, 2.45) is 0 Å². The van der Waals surface area contributed by atoms with Crippen molar-refractivity contribution in [2.75, 3.05) is 5.32 Å². The molecule has 0 atom stereocenters. The molecule has 88 valence electrons. The van der Waals surface area contributed by atoms with Crippen molar-refractivity contribution in [1.29, 1.82) is 0 Å². The largest absolute Gasteiger partial charge is 0.456 e. The highest BCUT2D eigenvalue weighted by Crippen LogP contribution is 2.16. The highest BCUT2D eigenvalue weighted by molar-refractivity contribution is 6.02. The van der Waals surface area contributed by atoms with E-state index < -0.39 is 0 Å². The van der Waals surface area contributed by atoms with Gasteiger partial charge in [-0.05, 0) is 50.1 Å². The van der Waals surface area contributed by atoms with E-state index in [1.54, 1.807) is 6.07 Å². The zero-order valence-corrected chi connectivity index (χ0v) is 10.2. The number of carbonyl (C=O) groups is 1. The van der Waals surface area contributed by atoms with Gasteiger partial charge >= 0.3 is 0 Å². The summed E-state index contributed by atoms with van der Waals surface area (Å²) in [5, 5.41) is 2.81. The second kappa shape index (κ2) is 4.45. The van der Waals surface area contributed by atoms with Crippen LogP contribution in [0.3, 0.4) is 0 Å². The summed E-state index contributed by atoms with van der Waals surface area (Å²) in [4.78, 5) is 11.9. The van der Waals surface area contributed by atoms with Gasteiger partial charge in [-0.1, -0.05) is 12.1 Å². The Kier molecular flexibility index (Phi) is 3.00. The first-order valence-electron chi connectivity index (χ1n) is 5.51. The number of amides is 1. The first kappa shape index (κ1) is 11.5. The number of rotatable bonds is 2. The van der Waals surface area contributed by atoms with E-state index in [-0.39, 0.29) is 5.91 Å². The lowest BCUT2D eigenvalue weighted by molar-refractivity contribution is 0.0995. The minimum atomic E-state index is -0.216. The van der Waals surface area contributed by atoms with E-state index in [0.29, 0.717) is 5.76 Å². The van der Waals surface area contributed by atoms with Gasteiger partial charge in [0.1, 0.15) is 5.76 Å². The van der Waals surface area contributed by atoms with E-state index in [9.17, 15) is 4.79 Å². The lowest BCUT2D eigenvalue weighted by Gasteiger charge is -2.03. The topological polar surface area (TPSA) is 42.2 Å². The molecule has 1 heterocycles. The molecule has 3 heteroatoms. The molecular weight excluding hydrogens is 214 g/mol. The maximum absolute atomic E-state index is 11.9. The number of aryl methyl sites for hydroxylation is 3. The number of carbonyl (C=O) groups excluding carboxylic acids is 1. The second-order valence-electron chi connectivity index (χ2n) is 4.17. The zero-order chi connectivity index (χ0) is 12.4.